The summed E-state index contributed by atoms with van der Waals surface area (Å²) in [6.45, 7) is 1.87. The molecular weight excluding hydrogens is 262 g/mol. The number of nitrogens with one attached hydrogen (secondary N) is 1. The van der Waals surface area contributed by atoms with Crippen LogP contribution in [0.1, 0.15) is 26.2 Å². The van der Waals surface area contributed by atoms with Crippen LogP contribution in [0.5, 0.6) is 0 Å². The smallest absolute Gasteiger partial charge is 0.264 e. The molecular formula is C14H17NO3S. The topological polar surface area (TPSA) is 63.2 Å². The molecule has 0 bridgehead atoms. The van der Waals surface area contributed by atoms with E-state index in [1.54, 1.807) is 18.2 Å². The zero-order valence-electron chi connectivity index (χ0n) is 10.8. The van der Waals surface area contributed by atoms with Crippen LogP contribution in [0.15, 0.2) is 35.2 Å². The third kappa shape index (κ3) is 2.27. The molecule has 1 aromatic carbocycles. The molecule has 3 rings (SSSR count). The largest absolute Gasteiger partial charge is 0.273 e. The van der Waals surface area contributed by atoms with E-state index in [2.05, 4.69) is 4.72 Å². The molecule has 1 aromatic rings. The third-order valence-electron chi connectivity index (χ3n) is 4.29. The maximum absolute atomic E-state index is 12.2. The first-order valence-corrected chi connectivity index (χ1v) is 8.04. The Morgan fingerprint density at radius 1 is 1.26 bits per heavy atom. The number of hydrogen-bond donors (Lipinski definition) is 1. The highest BCUT2D eigenvalue weighted by Crippen LogP contribution is 2.62. The Kier molecular flexibility index (Phi) is 2.71. The van der Waals surface area contributed by atoms with E-state index in [0.717, 1.165) is 6.42 Å². The van der Waals surface area contributed by atoms with Gasteiger partial charge in [0.25, 0.3) is 10.0 Å². The number of amides is 1. The summed E-state index contributed by atoms with van der Waals surface area (Å²) in [6.07, 6.45) is 3.17. The van der Waals surface area contributed by atoms with Crippen molar-refractivity contribution in [1.82, 2.24) is 4.72 Å². The van der Waals surface area contributed by atoms with Gasteiger partial charge in [-0.1, -0.05) is 25.1 Å². The highest BCUT2D eigenvalue weighted by molar-refractivity contribution is 7.90. The summed E-state index contributed by atoms with van der Waals surface area (Å²) >= 11 is 0. The third-order valence-corrected chi connectivity index (χ3v) is 5.64. The molecule has 0 aromatic heterocycles. The lowest BCUT2D eigenvalue weighted by Gasteiger charge is -2.12. The van der Waals surface area contributed by atoms with Gasteiger partial charge in [0, 0.05) is 0 Å². The van der Waals surface area contributed by atoms with Crippen molar-refractivity contribution in [3.05, 3.63) is 30.3 Å². The van der Waals surface area contributed by atoms with E-state index in [0.29, 0.717) is 11.8 Å². The zero-order valence-corrected chi connectivity index (χ0v) is 11.6. The fourth-order valence-electron chi connectivity index (χ4n) is 2.74. The van der Waals surface area contributed by atoms with Crippen LogP contribution in [-0.2, 0) is 14.8 Å². The monoisotopic (exact) mass is 279 g/mol. The fraction of sp³-hybridized carbons (Fsp3) is 0.500. The minimum Gasteiger partial charge on any atom is -0.273 e. The minimum absolute atomic E-state index is 0.135. The second kappa shape index (κ2) is 4.07. The summed E-state index contributed by atoms with van der Waals surface area (Å²) < 4.78 is 26.4. The Morgan fingerprint density at radius 2 is 1.89 bits per heavy atom. The first-order valence-electron chi connectivity index (χ1n) is 6.56. The standard InChI is InChI=1S/C14H17NO3S/c1-14(9-12(14)10-7-8-10)13(16)15-19(17,18)11-5-3-2-4-6-11/h2-6,10,12H,7-9H2,1H3,(H,15,16)/t12-,14-/m0/s1. The van der Waals surface area contributed by atoms with Gasteiger partial charge in [0.15, 0.2) is 0 Å². The molecule has 0 heterocycles. The lowest BCUT2D eigenvalue weighted by molar-refractivity contribution is -0.124. The van der Waals surface area contributed by atoms with Gasteiger partial charge < -0.3 is 0 Å². The van der Waals surface area contributed by atoms with Crippen LogP contribution in [0.3, 0.4) is 0 Å². The first kappa shape index (κ1) is 12.7. The molecule has 4 nitrogen and oxygen atoms in total. The maximum Gasteiger partial charge on any atom is 0.264 e. The summed E-state index contributed by atoms with van der Waals surface area (Å²) in [5.41, 5.74) is -0.483. The van der Waals surface area contributed by atoms with E-state index >= 15 is 0 Å². The molecule has 1 N–H and O–H groups in total. The highest BCUT2D eigenvalue weighted by atomic mass is 32.2. The molecule has 0 radical (unpaired) electrons. The van der Waals surface area contributed by atoms with Crippen LogP contribution >= 0.6 is 0 Å². The van der Waals surface area contributed by atoms with Gasteiger partial charge in [0.1, 0.15) is 0 Å². The average molecular weight is 279 g/mol. The second-order valence-electron chi connectivity index (χ2n) is 5.81. The van der Waals surface area contributed by atoms with E-state index in [-0.39, 0.29) is 10.8 Å². The van der Waals surface area contributed by atoms with Crippen molar-refractivity contribution in [1.29, 1.82) is 0 Å². The predicted octanol–water partition coefficient (Wildman–Crippen LogP) is 1.93. The maximum atomic E-state index is 12.2. The summed E-state index contributed by atoms with van der Waals surface area (Å²) in [5.74, 6) is 0.655. The Hall–Kier alpha value is -1.36. The number of rotatable bonds is 4. The van der Waals surface area contributed by atoms with Crippen LogP contribution in [0.2, 0.25) is 0 Å². The van der Waals surface area contributed by atoms with Gasteiger partial charge in [-0.05, 0) is 43.2 Å². The van der Waals surface area contributed by atoms with E-state index in [1.165, 1.54) is 25.0 Å². The van der Waals surface area contributed by atoms with Gasteiger partial charge in [-0.25, -0.2) is 13.1 Å². The summed E-state index contributed by atoms with van der Waals surface area (Å²) in [7, 11) is -3.73. The molecule has 2 aliphatic rings. The molecule has 0 aliphatic heterocycles. The second-order valence-corrected chi connectivity index (χ2v) is 7.50. The minimum atomic E-state index is -3.73. The Balaban J connectivity index is 1.73. The van der Waals surface area contributed by atoms with Crippen LogP contribution in [-0.4, -0.2) is 14.3 Å². The average Bonchev–Trinajstić information content (AvgIpc) is 3.24. The Morgan fingerprint density at radius 3 is 2.47 bits per heavy atom. The fourth-order valence-corrected chi connectivity index (χ4v) is 3.85. The van der Waals surface area contributed by atoms with E-state index in [4.69, 9.17) is 0 Å². The number of benzene rings is 1. The molecule has 102 valence electrons. The van der Waals surface area contributed by atoms with Gasteiger partial charge in [-0.2, -0.15) is 0 Å². The lowest BCUT2D eigenvalue weighted by Crippen LogP contribution is -2.36. The van der Waals surface area contributed by atoms with Crippen molar-refractivity contribution in [2.24, 2.45) is 17.3 Å². The van der Waals surface area contributed by atoms with Gasteiger partial charge >= 0.3 is 0 Å². The van der Waals surface area contributed by atoms with Gasteiger partial charge in [-0.15, -0.1) is 0 Å². The number of carbonyl (C=O) groups is 1. The molecule has 0 unspecified atom stereocenters. The molecule has 2 aliphatic carbocycles. The van der Waals surface area contributed by atoms with Crippen molar-refractivity contribution in [3.8, 4) is 0 Å². The lowest BCUT2D eigenvalue weighted by atomic mass is 10.0. The van der Waals surface area contributed by atoms with Gasteiger partial charge in [-0.3, -0.25) is 4.79 Å². The van der Waals surface area contributed by atoms with Crippen LogP contribution in [0, 0.1) is 17.3 Å². The predicted molar refractivity (Wildman–Crippen MR) is 70.7 cm³/mol. The zero-order chi connectivity index (χ0) is 13.7. The molecule has 2 fully saturated rings. The molecule has 5 heteroatoms. The van der Waals surface area contributed by atoms with Crippen molar-refractivity contribution in [2.45, 2.75) is 31.1 Å². The van der Waals surface area contributed by atoms with E-state index < -0.39 is 15.4 Å². The highest BCUT2D eigenvalue weighted by Gasteiger charge is 2.61. The normalized spacial score (nSPS) is 29.8. The molecule has 0 saturated heterocycles. The van der Waals surface area contributed by atoms with Crippen molar-refractivity contribution in [3.63, 3.8) is 0 Å². The van der Waals surface area contributed by atoms with Crippen molar-refractivity contribution < 1.29 is 13.2 Å². The molecule has 19 heavy (non-hydrogen) atoms. The summed E-state index contributed by atoms with van der Waals surface area (Å²) in [5, 5.41) is 0. The quantitative estimate of drug-likeness (QED) is 0.916. The van der Waals surface area contributed by atoms with Crippen LogP contribution < -0.4 is 4.72 Å². The molecule has 2 saturated carbocycles. The molecule has 1 amide bonds. The van der Waals surface area contributed by atoms with Gasteiger partial charge in [0.2, 0.25) is 5.91 Å². The molecule has 2 atom stereocenters. The van der Waals surface area contributed by atoms with Crippen LogP contribution in [0.4, 0.5) is 0 Å². The van der Waals surface area contributed by atoms with E-state index in [9.17, 15) is 13.2 Å². The van der Waals surface area contributed by atoms with E-state index in [1.807, 2.05) is 6.92 Å². The Labute approximate surface area is 113 Å². The SMILES string of the molecule is C[C@]1(C(=O)NS(=O)(=O)c2ccccc2)C[C@H]1C1CC1. The first-order chi connectivity index (χ1) is 8.93. The van der Waals surface area contributed by atoms with Crippen molar-refractivity contribution in [2.75, 3.05) is 0 Å². The number of carbonyl (C=O) groups excluding carboxylic acids is 1. The van der Waals surface area contributed by atoms with Gasteiger partial charge in [0.05, 0.1) is 10.3 Å². The van der Waals surface area contributed by atoms with Crippen molar-refractivity contribution >= 4 is 15.9 Å². The Bertz CT molecular complexity index is 607. The molecule has 0 spiro atoms. The summed E-state index contributed by atoms with van der Waals surface area (Å²) in [6, 6.07) is 8.01. The number of hydrogen-bond acceptors (Lipinski definition) is 3. The number of sulfonamides is 1. The van der Waals surface area contributed by atoms with Crippen LogP contribution in [0.25, 0.3) is 0 Å². The summed E-state index contributed by atoms with van der Waals surface area (Å²) in [4.78, 5) is 12.3.